The van der Waals surface area contributed by atoms with Gasteiger partial charge >= 0.3 is 0 Å². The number of nitrogens with one attached hydrogen (secondary N) is 1. The Balaban J connectivity index is 2.68. The first-order valence-corrected chi connectivity index (χ1v) is 7.03. The highest BCUT2D eigenvalue weighted by Gasteiger charge is 2.09. The molecule has 0 radical (unpaired) electrons. The summed E-state index contributed by atoms with van der Waals surface area (Å²) in [5.74, 6) is 1.05. The molecule has 1 aromatic rings. The van der Waals surface area contributed by atoms with Gasteiger partial charge in [-0.3, -0.25) is 0 Å². The summed E-state index contributed by atoms with van der Waals surface area (Å²) < 4.78 is 40.2. The number of halogens is 2. The Hall–Kier alpha value is -1.40. The second-order valence-electron chi connectivity index (χ2n) is 4.49. The number of hydrogen-bond acceptors (Lipinski definition) is 4. The molecule has 0 amide bonds. The number of ether oxygens (including phenoxy) is 3. The molecule has 0 spiro atoms. The molecule has 0 fully saturated rings. The quantitative estimate of drug-likeness (QED) is 0.638. The van der Waals surface area contributed by atoms with Crippen LogP contribution in [-0.4, -0.2) is 39.9 Å². The van der Waals surface area contributed by atoms with E-state index in [-0.39, 0.29) is 0 Å². The second-order valence-corrected chi connectivity index (χ2v) is 4.49. The highest BCUT2D eigenvalue weighted by molar-refractivity contribution is 5.40. The van der Waals surface area contributed by atoms with E-state index in [2.05, 4.69) is 5.32 Å². The van der Waals surface area contributed by atoms with Crippen molar-refractivity contribution in [2.24, 2.45) is 0 Å². The molecule has 120 valence electrons. The van der Waals surface area contributed by atoms with Crippen molar-refractivity contribution in [1.29, 1.82) is 0 Å². The highest BCUT2D eigenvalue weighted by atomic mass is 19.3. The van der Waals surface area contributed by atoms with Crippen LogP contribution in [0, 0.1) is 0 Å². The van der Waals surface area contributed by atoms with Gasteiger partial charge in [0.2, 0.25) is 0 Å². The minimum Gasteiger partial charge on any atom is -0.493 e. The third kappa shape index (κ3) is 7.24. The molecular formula is C15H23F2NO3. The Kier molecular flexibility index (Phi) is 8.69. The average Bonchev–Trinajstić information content (AvgIpc) is 2.48. The van der Waals surface area contributed by atoms with Gasteiger partial charge in [0, 0.05) is 31.8 Å². The van der Waals surface area contributed by atoms with Crippen molar-refractivity contribution in [1.82, 2.24) is 5.32 Å². The maximum absolute atomic E-state index is 12.3. The first-order valence-electron chi connectivity index (χ1n) is 7.03. The zero-order valence-electron chi connectivity index (χ0n) is 12.5. The first kappa shape index (κ1) is 17.7. The molecule has 0 saturated carbocycles. The van der Waals surface area contributed by atoms with E-state index >= 15 is 0 Å². The Morgan fingerprint density at radius 2 is 2.00 bits per heavy atom. The van der Waals surface area contributed by atoms with E-state index in [4.69, 9.17) is 14.2 Å². The fraction of sp³-hybridized carbons (Fsp3) is 0.600. The van der Waals surface area contributed by atoms with Gasteiger partial charge in [0.25, 0.3) is 6.43 Å². The fourth-order valence-corrected chi connectivity index (χ4v) is 1.68. The number of rotatable bonds is 11. The van der Waals surface area contributed by atoms with E-state index in [0.29, 0.717) is 37.8 Å². The summed E-state index contributed by atoms with van der Waals surface area (Å²) in [6.45, 7) is 3.75. The van der Waals surface area contributed by atoms with Gasteiger partial charge in [-0.15, -0.1) is 0 Å². The Morgan fingerprint density at radius 3 is 2.67 bits per heavy atom. The molecule has 1 rings (SSSR count). The van der Waals surface area contributed by atoms with Gasteiger partial charge in [0.1, 0.15) is 18.1 Å². The standard InChI is InChI=1S/C15H23F2NO3/c1-3-7-20-13-5-4-12(10-18-6-8-19-2)14(9-13)21-11-15(16)17/h4-5,9,15,18H,3,6-8,10-11H2,1-2H3. The minimum atomic E-state index is -2.50. The predicted octanol–water partition coefficient (Wildman–Crippen LogP) is 2.86. The van der Waals surface area contributed by atoms with Crippen LogP contribution in [0.3, 0.4) is 0 Å². The van der Waals surface area contributed by atoms with Gasteiger partial charge in [-0.1, -0.05) is 13.0 Å². The van der Waals surface area contributed by atoms with Crippen molar-refractivity contribution in [3.8, 4) is 11.5 Å². The number of hydrogen-bond donors (Lipinski definition) is 1. The molecule has 0 unspecified atom stereocenters. The fourth-order valence-electron chi connectivity index (χ4n) is 1.68. The SMILES string of the molecule is CCCOc1ccc(CNCCOC)c(OCC(F)F)c1. The summed E-state index contributed by atoms with van der Waals surface area (Å²) in [6, 6.07) is 5.30. The van der Waals surface area contributed by atoms with Crippen LogP contribution in [0.1, 0.15) is 18.9 Å². The summed E-state index contributed by atoms with van der Waals surface area (Å²) >= 11 is 0. The smallest absolute Gasteiger partial charge is 0.272 e. The lowest BCUT2D eigenvalue weighted by atomic mass is 10.2. The molecule has 1 N–H and O–H groups in total. The van der Waals surface area contributed by atoms with E-state index in [1.807, 2.05) is 19.1 Å². The van der Waals surface area contributed by atoms with Crippen LogP contribution < -0.4 is 14.8 Å². The van der Waals surface area contributed by atoms with Gasteiger partial charge in [0.15, 0.2) is 0 Å². The summed E-state index contributed by atoms with van der Waals surface area (Å²) in [5, 5.41) is 3.16. The van der Waals surface area contributed by atoms with Crippen LogP contribution in [-0.2, 0) is 11.3 Å². The van der Waals surface area contributed by atoms with Crippen molar-refractivity contribution in [2.75, 3.05) is 33.5 Å². The first-order chi connectivity index (χ1) is 10.2. The van der Waals surface area contributed by atoms with E-state index in [1.54, 1.807) is 13.2 Å². The zero-order valence-corrected chi connectivity index (χ0v) is 12.5. The molecule has 1 aromatic carbocycles. The number of benzene rings is 1. The van der Waals surface area contributed by atoms with Gasteiger partial charge < -0.3 is 19.5 Å². The Bertz CT molecular complexity index is 403. The molecule has 0 atom stereocenters. The maximum atomic E-state index is 12.3. The van der Waals surface area contributed by atoms with Crippen molar-refractivity contribution < 1.29 is 23.0 Å². The molecule has 4 nitrogen and oxygen atoms in total. The lowest BCUT2D eigenvalue weighted by Crippen LogP contribution is -2.19. The van der Waals surface area contributed by atoms with Gasteiger partial charge in [0.05, 0.1) is 13.2 Å². The predicted molar refractivity (Wildman–Crippen MR) is 77.3 cm³/mol. The van der Waals surface area contributed by atoms with Crippen molar-refractivity contribution in [3.05, 3.63) is 23.8 Å². The summed E-state index contributed by atoms with van der Waals surface area (Å²) in [4.78, 5) is 0. The summed E-state index contributed by atoms with van der Waals surface area (Å²) in [7, 11) is 1.62. The molecule has 0 aromatic heterocycles. The van der Waals surface area contributed by atoms with Gasteiger partial charge in [-0.25, -0.2) is 8.78 Å². The molecule has 21 heavy (non-hydrogen) atoms. The lowest BCUT2D eigenvalue weighted by molar-refractivity contribution is 0.0811. The Morgan fingerprint density at radius 1 is 1.19 bits per heavy atom. The van der Waals surface area contributed by atoms with Crippen LogP contribution in [0.4, 0.5) is 8.78 Å². The molecular weight excluding hydrogens is 280 g/mol. The van der Waals surface area contributed by atoms with E-state index in [0.717, 1.165) is 12.0 Å². The van der Waals surface area contributed by atoms with Crippen molar-refractivity contribution in [2.45, 2.75) is 26.3 Å². The van der Waals surface area contributed by atoms with Gasteiger partial charge in [-0.05, 0) is 12.5 Å². The second kappa shape index (κ2) is 10.3. The summed E-state index contributed by atoms with van der Waals surface area (Å²) in [6.07, 6.45) is -1.62. The van der Waals surface area contributed by atoms with E-state index in [9.17, 15) is 8.78 Å². The normalized spacial score (nSPS) is 10.9. The molecule has 0 bridgehead atoms. The molecule has 0 aliphatic heterocycles. The topological polar surface area (TPSA) is 39.7 Å². The molecule has 6 heteroatoms. The van der Waals surface area contributed by atoms with Crippen molar-refractivity contribution >= 4 is 0 Å². The van der Waals surface area contributed by atoms with Crippen LogP contribution >= 0.6 is 0 Å². The number of methoxy groups -OCH3 is 1. The monoisotopic (exact) mass is 303 g/mol. The largest absolute Gasteiger partial charge is 0.493 e. The van der Waals surface area contributed by atoms with Crippen LogP contribution in [0.25, 0.3) is 0 Å². The third-order valence-electron chi connectivity index (χ3n) is 2.67. The minimum absolute atomic E-state index is 0.425. The summed E-state index contributed by atoms with van der Waals surface area (Å²) in [5.41, 5.74) is 0.815. The molecule has 0 aliphatic carbocycles. The lowest BCUT2D eigenvalue weighted by Gasteiger charge is -2.14. The van der Waals surface area contributed by atoms with Crippen LogP contribution in [0.5, 0.6) is 11.5 Å². The van der Waals surface area contributed by atoms with Crippen LogP contribution in [0.2, 0.25) is 0 Å². The van der Waals surface area contributed by atoms with E-state index in [1.165, 1.54) is 0 Å². The molecule has 0 heterocycles. The maximum Gasteiger partial charge on any atom is 0.272 e. The molecule has 0 saturated heterocycles. The zero-order chi connectivity index (χ0) is 15.5. The van der Waals surface area contributed by atoms with E-state index < -0.39 is 13.0 Å². The van der Waals surface area contributed by atoms with Crippen LogP contribution in [0.15, 0.2) is 18.2 Å². The van der Waals surface area contributed by atoms with Gasteiger partial charge in [-0.2, -0.15) is 0 Å². The Labute approximate surface area is 124 Å². The molecule has 0 aliphatic rings. The highest BCUT2D eigenvalue weighted by Crippen LogP contribution is 2.25. The average molecular weight is 303 g/mol. The number of alkyl halides is 2. The third-order valence-corrected chi connectivity index (χ3v) is 2.67. The van der Waals surface area contributed by atoms with Crippen molar-refractivity contribution in [3.63, 3.8) is 0 Å².